The summed E-state index contributed by atoms with van der Waals surface area (Å²) in [6.07, 6.45) is 20.9. The number of aromatic amines is 1. The van der Waals surface area contributed by atoms with Crippen molar-refractivity contribution in [3.8, 4) is 0 Å². The van der Waals surface area contributed by atoms with E-state index in [9.17, 15) is 0 Å². The van der Waals surface area contributed by atoms with E-state index in [-0.39, 0.29) is 12.1 Å². The molecule has 0 radical (unpaired) electrons. The highest BCUT2D eigenvalue weighted by atomic mass is 15.0. The van der Waals surface area contributed by atoms with Crippen LogP contribution in [0, 0.1) is 0 Å². The van der Waals surface area contributed by atoms with Crippen LogP contribution in [0.1, 0.15) is 0 Å². The van der Waals surface area contributed by atoms with E-state index in [2.05, 4.69) is 81.0 Å². The van der Waals surface area contributed by atoms with E-state index in [0.29, 0.717) is 0 Å². The van der Waals surface area contributed by atoms with E-state index < -0.39 is 0 Å². The summed E-state index contributed by atoms with van der Waals surface area (Å²) in [5.74, 6) is 0. The summed E-state index contributed by atoms with van der Waals surface area (Å²) in [4.78, 5) is 12.7. The molecule has 8 bridgehead atoms. The quantitative estimate of drug-likeness (QED) is 0.697. The van der Waals surface area contributed by atoms with E-state index in [1.165, 1.54) is 0 Å². The molecule has 0 aliphatic carbocycles. The van der Waals surface area contributed by atoms with Gasteiger partial charge < -0.3 is 4.98 Å². The first-order chi connectivity index (χ1) is 11.8. The predicted octanol–water partition coefficient (Wildman–Crippen LogP) is 1.28. The fraction of sp³-hybridized carbons (Fsp3) is 0.100. The van der Waals surface area contributed by atoms with E-state index in [0.717, 1.165) is 33.5 Å². The summed E-state index contributed by atoms with van der Waals surface area (Å²) >= 11 is 0. The minimum absolute atomic E-state index is 0.194. The number of nitrogens with zero attached hydrogens (tertiary/aromatic N) is 2. The van der Waals surface area contributed by atoms with Gasteiger partial charge in [-0.3, -0.25) is 5.32 Å². The second-order valence-electron chi connectivity index (χ2n) is 6.18. The van der Waals surface area contributed by atoms with Crippen LogP contribution in [-0.4, -0.2) is 28.5 Å². The van der Waals surface area contributed by atoms with Crippen molar-refractivity contribution in [2.45, 2.75) is 12.1 Å². The van der Waals surface area contributed by atoms with Crippen LogP contribution in [0.25, 0.3) is 12.2 Å². The maximum atomic E-state index is 4.66. The van der Waals surface area contributed by atoms with Gasteiger partial charge >= 0.3 is 0 Å². The number of aromatic nitrogens is 1. The number of H-pyrrole nitrogens is 1. The Morgan fingerprint density at radius 1 is 0.708 bits per heavy atom. The van der Waals surface area contributed by atoms with Gasteiger partial charge in [0.25, 0.3) is 0 Å². The summed E-state index contributed by atoms with van der Waals surface area (Å²) in [6.45, 7) is 0. The number of nitrogens with one attached hydrogen (secondary N) is 2. The lowest BCUT2D eigenvalue weighted by atomic mass is 10.2. The molecule has 2 N–H and O–H groups in total. The minimum atomic E-state index is 0.194. The highest BCUT2D eigenvalue weighted by Gasteiger charge is 2.16. The summed E-state index contributed by atoms with van der Waals surface area (Å²) in [7, 11) is 0. The normalized spacial score (nSPS) is 26.5. The lowest BCUT2D eigenvalue weighted by Gasteiger charge is -2.08. The van der Waals surface area contributed by atoms with Gasteiger partial charge in [0.2, 0.25) is 0 Å². The van der Waals surface area contributed by atoms with E-state index in [1.54, 1.807) is 0 Å². The number of aliphatic imine (C=N–C) groups is 2. The zero-order valence-electron chi connectivity index (χ0n) is 13.0. The van der Waals surface area contributed by atoms with Crippen molar-refractivity contribution >= 4 is 23.6 Å². The standard InChI is InChI=1S/C20H16N4/c1-2-14-10-16-5-6-18(23-16)12-20-8-7-19(24-20)11-17-4-3-15(22-17)9-13(1)21-14/h1-14,21,24H. The number of rotatable bonds is 0. The van der Waals surface area contributed by atoms with Crippen LogP contribution in [0.5, 0.6) is 0 Å². The Morgan fingerprint density at radius 3 is 1.79 bits per heavy atom. The van der Waals surface area contributed by atoms with Gasteiger partial charge in [0, 0.05) is 22.8 Å². The van der Waals surface area contributed by atoms with E-state index in [1.807, 2.05) is 12.2 Å². The summed E-state index contributed by atoms with van der Waals surface area (Å²) in [6, 6.07) is 4.51. The fourth-order valence-corrected chi connectivity index (χ4v) is 3.20. The lowest BCUT2D eigenvalue weighted by Crippen LogP contribution is -2.27. The Labute approximate surface area is 139 Å². The first-order valence-corrected chi connectivity index (χ1v) is 8.10. The van der Waals surface area contributed by atoms with Crippen molar-refractivity contribution in [2.24, 2.45) is 9.98 Å². The Balaban J connectivity index is 1.65. The van der Waals surface area contributed by atoms with Crippen LogP contribution in [0.15, 0.2) is 82.1 Å². The smallest absolute Gasteiger partial charge is 0.0658 e. The molecule has 0 aromatic carbocycles. The van der Waals surface area contributed by atoms with Crippen molar-refractivity contribution < 1.29 is 0 Å². The maximum absolute atomic E-state index is 4.66. The van der Waals surface area contributed by atoms with Gasteiger partial charge in [0.15, 0.2) is 0 Å². The zero-order valence-corrected chi connectivity index (χ0v) is 13.0. The third kappa shape index (κ3) is 2.57. The van der Waals surface area contributed by atoms with Crippen LogP contribution < -0.4 is 16.0 Å². The molecule has 5 heterocycles. The third-order valence-corrected chi connectivity index (χ3v) is 4.32. The number of hydrogen-bond acceptors (Lipinski definition) is 3. The molecule has 24 heavy (non-hydrogen) atoms. The minimum Gasteiger partial charge on any atom is -0.355 e. The predicted molar refractivity (Wildman–Crippen MR) is 98.1 cm³/mol. The van der Waals surface area contributed by atoms with Gasteiger partial charge in [0.05, 0.1) is 22.8 Å². The molecule has 5 rings (SSSR count). The Kier molecular flexibility index (Phi) is 2.96. The molecule has 0 amide bonds. The molecule has 0 saturated carbocycles. The molecule has 0 fully saturated rings. The Hall–Kier alpha value is -2.98. The maximum Gasteiger partial charge on any atom is 0.0658 e. The largest absolute Gasteiger partial charge is 0.355 e. The molecule has 2 unspecified atom stereocenters. The first kappa shape index (κ1) is 13.5. The zero-order chi connectivity index (χ0) is 15.9. The van der Waals surface area contributed by atoms with Crippen molar-refractivity contribution in [3.63, 3.8) is 0 Å². The molecule has 2 atom stereocenters. The number of allylic oxidation sites excluding steroid dienone is 4. The average Bonchev–Trinajstić information content (AvgIpc) is 3.32. The number of hydrogen-bond donors (Lipinski definition) is 2. The lowest BCUT2D eigenvalue weighted by molar-refractivity contribution is 0.699. The van der Waals surface area contributed by atoms with Crippen molar-refractivity contribution in [1.82, 2.24) is 10.3 Å². The summed E-state index contributed by atoms with van der Waals surface area (Å²) < 4.78 is 0. The molecule has 4 aliphatic heterocycles. The van der Waals surface area contributed by atoms with E-state index in [4.69, 9.17) is 0 Å². The van der Waals surface area contributed by atoms with Crippen molar-refractivity contribution in [3.05, 3.63) is 82.8 Å². The molecular weight excluding hydrogens is 296 g/mol. The Bertz CT molecular complexity index is 957. The molecule has 4 nitrogen and oxygen atoms in total. The highest BCUT2D eigenvalue weighted by molar-refractivity contribution is 6.20. The topological polar surface area (TPSA) is 52.5 Å². The van der Waals surface area contributed by atoms with Crippen molar-refractivity contribution in [2.75, 3.05) is 0 Å². The molecule has 0 saturated heterocycles. The molecule has 116 valence electrons. The van der Waals surface area contributed by atoms with Crippen LogP contribution in [0.4, 0.5) is 0 Å². The monoisotopic (exact) mass is 312 g/mol. The Morgan fingerprint density at radius 2 is 1.25 bits per heavy atom. The van der Waals surface area contributed by atoms with E-state index >= 15 is 0 Å². The summed E-state index contributed by atoms with van der Waals surface area (Å²) in [5, 5.41) is 5.62. The molecule has 4 heteroatoms. The van der Waals surface area contributed by atoms with Crippen LogP contribution >= 0.6 is 0 Å². The first-order valence-electron chi connectivity index (χ1n) is 8.10. The fourth-order valence-electron chi connectivity index (χ4n) is 3.20. The van der Waals surface area contributed by atoms with Crippen LogP contribution in [-0.2, 0) is 0 Å². The second kappa shape index (κ2) is 5.28. The average molecular weight is 312 g/mol. The third-order valence-electron chi connectivity index (χ3n) is 4.32. The molecule has 4 aliphatic rings. The van der Waals surface area contributed by atoms with Gasteiger partial charge in [-0.1, -0.05) is 12.2 Å². The SMILES string of the molecule is C1=CC2=NC1=CC1C=CC(C=C3C=CC(=N3)C=c3ccc([nH]3)=C2)N1. The second-order valence-corrected chi connectivity index (χ2v) is 6.18. The highest BCUT2D eigenvalue weighted by Crippen LogP contribution is 2.16. The molecule has 1 aromatic rings. The molecule has 1 aromatic heterocycles. The van der Waals surface area contributed by atoms with Crippen molar-refractivity contribution in [1.29, 1.82) is 0 Å². The van der Waals surface area contributed by atoms with Gasteiger partial charge in [-0.2, -0.15) is 0 Å². The molecule has 0 spiro atoms. The van der Waals surface area contributed by atoms with Gasteiger partial charge in [0.1, 0.15) is 0 Å². The van der Waals surface area contributed by atoms with Crippen LogP contribution in [0.2, 0.25) is 0 Å². The van der Waals surface area contributed by atoms with Gasteiger partial charge in [-0.05, 0) is 60.7 Å². The van der Waals surface area contributed by atoms with Gasteiger partial charge in [-0.25, -0.2) is 9.98 Å². The number of fused-ring (bicyclic) bond motifs is 6. The van der Waals surface area contributed by atoms with Crippen LogP contribution in [0.3, 0.4) is 0 Å². The van der Waals surface area contributed by atoms with Gasteiger partial charge in [-0.15, -0.1) is 0 Å². The molecular formula is C20H16N4. The summed E-state index contributed by atoms with van der Waals surface area (Å²) in [5.41, 5.74) is 3.90.